The Kier molecular flexibility index (Phi) is 4.78. The van der Waals surface area contributed by atoms with E-state index in [-0.39, 0.29) is 0 Å². The van der Waals surface area contributed by atoms with Gasteiger partial charge in [0.1, 0.15) is 0 Å². The maximum atomic E-state index is 8.94. The molecule has 0 aliphatic carbocycles. The highest BCUT2D eigenvalue weighted by Crippen LogP contribution is 2.23. The molecule has 1 aliphatic rings. The van der Waals surface area contributed by atoms with E-state index >= 15 is 0 Å². The first-order valence-electron chi connectivity index (χ1n) is 7.06. The second-order valence-corrected chi connectivity index (χ2v) is 5.22. The van der Waals surface area contributed by atoms with Crippen LogP contribution in [0.4, 0.5) is 0 Å². The first kappa shape index (κ1) is 13.1. The van der Waals surface area contributed by atoms with Crippen LogP contribution in [0.5, 0.6) is 0 Å². The number of piperidine rings is 1. The van der Waals surface area contributed by atoms with Crippen LogP contribution in [0, 0.1) is 11.3 Å². The van der Waals surface area contributed by atoms with E-state index in [1.807, 2.05) is 18.2 Å². The van der Waals surface area contributed by atoms with Gasteiger partial charge < -0.3 is 0 Å². The average Bonchev–Trinajstić information content (AvgIpc) is 2.41. The molecule has 1 heterocycles. The first-order valence-corrected chi connectivity index (χ1v) is 7.06. The molecule has 18 heavy (non-hydrogen) atoms. The van der Waals surface area contributed by atoms with Crippen molar-refractivity contribution in [1.82, 2.24) is 4.90 Å². The standard InChI is InChI=1S/C16H22N2/c1-2-6-16-9-3-4-10-18(16)13-15-8-5-7-14(11-15)12-17/h5,7-8,11,16H,2-4,6,9-10,13H2,1H3. The van der Waals surface area contributed by atoms with Crippen LogP contribution in [0.25, 0.3) is 0 Å². The summed E-state index contributed by atoms with van der Waals surface area (Å²) in [7, 11) is 0. The number of benzene rings is 1. The molecule has 1 aromatic rings. The second-order valence-electron chi connectivity index (χ2n) is 5.22. The van der Waals surface area contributed by atoms with E-state index in [4.69, 9.17) is 5.26 Å². The number of nitrogens with zero attached hydrogens (tertiary/aromatic N) is 2. The van der Waals surface area contributed by atoms with Gasteiger partial charge in [-0.15, -0.1) is 0 Å². The molecule has 2 rings (SSSR count). The first-order chi connectivity index (χ1) is 8.83. The van der Waals surface area contributed by atoms with Gasteiger partial charge in [-0.2, -0.15) is 5.26 Å². The molecule has 1 aromatic carbocycles. The minimum atomic E-state index is 0.745. The topological polar surface area (TPSA) is 27.0 Å². The minimum Gasteiger partial charge on any atom is -0.296 e. The third-order valence-corrected chi connectivity index (χ3v) is 3.81. The second kappa shape index (κ2) is 6.56. The lowest BCUT2D eigenvalue weighted by molar-refractivity contribution is 0.131. The Bertz CT molecular complexity index is 417. The Balaban J connectivity index is 2.03. The van der Waals surface area contributed by atoms with Crippen molar-refractivity contribution >= 4 is 0 Å². The number of likely N-dealkylation sites (tertiary alicyclic amines) is 1. The third-order valence-electron chi connectivity index (χ3n) is 3.81. The molecular weight excluding hydrogens is 220 g/mol. The lowest BCUT2D eigenvalue weighted by Gasteiger charge is -2.35. The van der Waals surface area contributed by atoms with Crippen LogP contribution in [-0.4, -0.2) is 17.5 Å². The maximum Gasteiger partial charge on any atom is 0.0991 e. The van der Waals surface area contributed by atoms with Gasteiger partial charge in [-0.1, -0.05) is 31.9 Å². The van der Waals surface area contributed by atoms with Gasteiger partial charge in [0.15, 0.2) is 0 Å². The van der Waals surface area contributed by atoms with Gasteiger partial charge in [-0.05, 0) is 43.5 Å². The van der Waals surface area contributed by atoms with Gasteiger partial charge in [-0.25, -0.2) is 0 Å². The molecule has 1 aliphatic heterocycles. The van der Waals surface area contributed by atoms with Crippen LogP contribution in [-0.2, 0) is 6.54 Å². The van der Waals surface area contributed by atoms with Gasteiger partial charge >= 0.3 is 0 Å². The molecule has 0 spiro atoms. The van der Waals surface area contributed by atoms with Crippen LogP contribution in [0.2, 0.25) is 0 Å². The van der Waals surface area contributed by atoms with Gasteiger partial charge in [0.25, 0.3) is 0 Å². The average molecular weight is 242 g/mol. The Morgan fingerprint density at radius 2 is 2.28 bits per heavy atom. The largest absolute Gasteiger partial charge is 0.296 e. The molecule has 1 saturated heterocycles. The van der Waals surface area contributed by atoms with E-state index in [1.165, 1.54) is 44.2 Å². The summed E-state index contributed by atoms with van der Waals surface area (Å²) in [6.45, 7) is 4.48. The van der Waals surface area contributed by atoms with Crippen LogP contribution in [0.15, 0.2) is 24.3 Å². The smallest absolute Gasteiger partial charge is 0.0991 e. The fourth-order valence-corrected chi connectivity index (χ4v) is 2.90. The quantitative estimate of drug-likeness (QED) is 0.804. The lowest BCUT2D eigenvalue weighted by atomic mass is 9.97. The lowest BCUT2D eigenvalue weighted by Crippen LogP contribution is -2.38. The van der Waals surface area contributed by atoms with E-state index in [0.29, 0.717) is 0 Å². The molecule has 0 aromatic heterocycles. The number of nitriles is 1. The molecule has 1 unspecified atom stereocenters. The zero-order valence-electron chi connectivity index (χ0n) is 11.2. The van der Waals surface area contributed by atoms with E-state index in [9.17, 15) is 0 Å². The maximum absolute atomic E-state index is 8.94. The van der Waals surface area contributed by atoms with Crippen molar-refractivity contribution in [2.24, 2.45) is 0 Å². The van der Waals surface area contributed by atoms with Crippen molar-refractivity contribution in [3.05, 3.63) is 35.4 Å². The van der Waals surface area contributed by atoms with Crippen molar-refractivity contribution in [3.63, 3.8) is 0 Å². The van der Waals surface area contributed by atoms with E-state index in [2.05, 4.69) is 24.0 Å². The van der Waals surface area contributed by atoms with Gasteiger partial charge in [-0.3, -0.25) is 4.90 Å². The van der Waals surface area contributed by atoms with Gasteiger partial charge in [0.2, 0.25) is 0 Å². The fourth-order valence-electron chi connectivity index (χ4n) is 2.90. The summed E-state index contributed by atoms with van der Waals surface area (Å²) in [5.74, 6) is 0. The summed E-state index contributed by atoms with van der Waals surface area (Å²) in [6.07, 6.45) is 6.60. The Morgan fingerprint density at radius 3 is 3.06 bits per heavy atom. The highest BCUT2D eigenvalue weighted by molar-refractivity contribution is 5.32. The van der Waals surface area contributed by atoms with Crippen LogP contribution >= 0.6 is 0 Å². The molecule has 2 heteroatoms. The molecule has 0 saturated carbocycles. The van der Waals surface area contributed by atoms with Crippen molar-refractivity contribution in [1.29, 1.82) is 5.26 Å². The molecule has 1 fully saturated rings. The SMILES string of the molecule is CCCC1CCCCN1Cc1cccc(C#N)c1. The van der Waals surface area contributed by atoms with Crippen molar-refractivity contribution in [2.45, 2.75) is 51.6 Å². The van der Waals surface area contributed by atoms with Crippen LogP contribution in [0.1, 0.15) is 50.2 Å². The highest BCUT2D eigenvalue weighted by atomic mass is 15.2. The molecule has 1 atom stereocenters. The normalized spacial score (nSPS) is 20.6. The summed E-state index contributed by atoms with van der Waals surface area (Å²) in [6, 6.07) is 11.0. The molecule has 0 radical (unpaired) electrons. The summed E-state index contributed by atoms with van der Waals surface area (Å²) in [5, 5.41) is 8.94. The Hall–Kier alpha value is -1.33. The van der Waals surface area contributed by atoms with Gasteiger partial charge in [0, 0.05) is 12.6 Å². The molecule has 2 nitrogen and oxygen atoms in total. The highest BCUT2D eigenvalue weighted by Gasteiger charge is 2.21. The number of hydrogen-bond donors (Lipinski definition) is 0. The molecule has 96 valence electrons. The zero-order valence-corrected chi connectivity index (χ0v) is 11.2. The fraction of sp³-hybridized carbons (Fsp3) is 0.562. The van der Waals surface area contributed by atoms with Crippen molar-refractivity contribution < 1.29 is 0 Å². The van der Waals surface area contributed by atoms with E-state index in [1.54, 1.807) is 0 Å². The van der Waals surface area contributed by atoms with Crippen molar-refractivity contribution in [2.75, 3.05) is 6.54 Å². The summed E-state index contributed by atoms with van der Waals surface area (Å²) < 4.78 is 0. The van der Waals surface area contributed by atoms with Crippen LogP contribution in [0.3, 0.4) is 0 Å². The summed E-state index contributed by atoms with van der Waals surface area (Å²) >= 11 is 0. The monoisotopic (exact) mass is 242 g/mol. The van der Waals surface area contributed by atoms with Crippen molar-refractivity contribution in [3.8, 4) is 6.07 Å². The predicted octanol–water partition coefficient (Wildman–Crippen LogP) is 3.71. The van der Waals surface area contributed by atoms with Crippen LogP contribution < -0.4 is 0 Å². The van der Waals surface area contributed by atoms with Gasteiger partial charge in [0.05, 0.1) is 11.6 Å². The number of hydrogen-bond acceptors (Lipinski definition) is 2. The summed E-state index contributed by atoms with van der Waals surface area (Å²) in [5.41, 5.74) is 2.05. The summed E-state index contributed by atoms with van der Waals surface area (Å²) in [4.78, 5) is 2.60. The van der Waals surface area contributed by atoms with E-state index in [0.717, 1.165) is 18.2 Å². The zero-order chi connectivity index (χ0) is 12.8. The predicted molar refractivity (Wildman–Crippen MR) is 74.1 cm³/mol. The molecule has 0 amide bonds. The van der Waals surface area contributed by atoms with E-state index < -0.39 is 0 Å². The Labute approximate surface area is 110 Å². The molecule has 0 N–H and O–H groups in total. The molecule has 0 bridgehead atoms. The molecular formula is C16H22N2. The number of rotatable bonds is 4. The minimum absolute atomic E-state index is 0.745. The Morgan fingerprint density at radius 1 is 1.39 bits per heavy atom. The third kappa shape index (κ3) is 3.34.